The first-order chi connectivity index (χ1) is 11.0. The fourth-order valence-electron chi connectivity index (χ4n) is 3.31. The second kappa shape index (κ2) is 10.1. The van der Waals surface area contributed by atoms with Crippen LogP contribution in [0.4, 0.5) is 0 Å². The first-order valence-corrected chi connectivity index (χ1v) is 15.0. The van der Waals surface area contributed by atoms with Gasteiger partial charge < -0.3 is 0 Å². The van der Waals surface area contributed by atoms with Crippen LogP contribution >= 0.6 is 26.3 Å². The van der Waals surface area contributed by atoms with Gasteiger partial charge in [-0.25, -0.2) is 0 Å². The normalized spacial score (nSPS) is 13.5. The van der Waals surface area contributed by atoms with Gasteiger partial charge in [0.15, 0.2) is 0 Å². The summed E-state index contributed by atoms with van der Waals surface area (Å²) in [4.78, 5) is 13.0. The Bertz CT molecular complexity index is 447. The van der Waals surface area contributed by atoms with Crippen LogP contribution in [0.25, 0.3) is 0 Å². The predicted molar refractivity (Wildman–Crippen MR) is 116 cm³/mol. The molecule has 0 aliphatic rings. The van der Waals surface area contributed by atoms with Gasteiger partial charge in [0.25, 0.3) is 0 Å². The average molecular weight is 448 g/mol. The van der Waals surface area contributed by atoms with E-state index in [-0.39, 0.29) is 0 Å². The van der Waals surface area contributed by atoms with Crippen LogP contribution in [-0.2, 0) is 0 Å². The number of Topliss-reactive ketones (excluding diaryl/α,β-unsaturated/α-hetero) is 1. The summed E-state index contributed by atoms with van der Waals surface area (Å²) in [7, 11) is 0. The quantitative estimate of drug-likeness (QED) is 0.188. The third-order valence-corrected chi connectivity index (χ3v) is 15.6. The van der Waals surface area contributed by atoms with E-state index in [4.69, 9.17) is 0 Å². The molecule has 3 heteroatoms. The van der Waals surface area contributed by atoms with Crippen molar-refractivity contribution in [1.82, 2.24) is 0 Å². The Hall–Kier alpha value is 0.0500. The molecule has 0 fully saturated rings. The first kappa shape index (κ1) is 21.1. The third-order valence-electron chi connectivity index (χ3n) is 4.85. The monoisotopic (exact) mass is 448 g/mol. The first-order valence-electron chi connectivity index (χ1n) is 9.27. The number of hydrogen-bond donors (Lipinski definition) is 0. The van der Waals surface area contributed by atoms with Gasteiger partial charge in [-0.15, -0.1) is 0 Å². The molecule has 23 heavy (non-hydrogen) atoms. The van der Waals surface area contributed by atoms with Crippen molar-refractivity contribution in [2.75, 3.05) is 24.6 Å². The molecule has 0 aliphatic heterocycles. The molecule has 0 saturated carbocycles. The molecule has 0 radical (unpaired) electrons. The van der Waals surface area contributed by atoms with E-state index in [9.17, 15) is 4.79 Å². The number of hydrogen-bond acceptors (Lipinski definition) is 1. The average Bonchev–Trinajstić information content (AvgIpc) is 2.58. The van der Waals surface area contributed by atoms with E-state index in [1.807, 2.05) is 30.3 Å². The fourth-order valence-corrected chi connectivity index (χ4v) is 12.7. The zero-order valence-electron chi connectivity index (χ0n) is 15.2. The molecule has 1 aromatic carbocycles. The molecule has 0 aliphatic carbocycles. The molecule has 0 spiro atoms. The van der Waals surface area contributed by atoms with Crippen LogP contribution in [-0.4, -0.2) is 30.4 Å². The third kappa shape index (κ3) is 6.82. The van der Waals surface area contributed by atoms with Crippen LogP contribution < -0.4 is 0 Å². The zero-order chi connectivity index (χ0) is 17.2. The fraction of sp³-hybridized carbons (Fsp3) is 0.650. The molecule has 0 saturated heterocycles. The molecule has 0 heterocycles. The van der Waals surface area contributed by atoms with Gasteiger partial charge in [0.2, 0.25) is 0 Å². The maximum atomic E-state index is 13.0. The van der Waals surface area contributed by atoms with Gasteiger partial charge in [-0.3, -0.25) is 0 Å². The summed E-state index contributed by atoms with van der Waals surface area (Å²) >= 11 is 2.83. The van der Waals surface area contributed by atoms with E-state index in [0.717, 1.165) is 11.7 Å². The molecule has 0 unspecified atom stereocenters. The minimum atomic E-state index is -1.97. The van der Waals surface area contributed by atoms with Crippen LogP contribution in [0.2, 0.25) is 0 Å². The number of ketones is 1. The Morgan fingerprint density at radius 3 is 1.70 bits per heavy atom. The zero-order valence-corrected chi connectivity index (χ0v) is 18.2. The second-order valence-electron chi connectivity index (χ2n) is 7.00. The second-order valence-corrected chi connectivity index (χ2v) is 20.5. The summed E-state index contributed by atoms with van der Waals surface area (Å²) in [5.74, 6) is 0.376. The molecule has 0 bridgehead atoms. The van der Waals surface area contributed by atoms with Crippen molar-refractivity contribution in [3.63, 3.8) is 0 Å². The summed E-state index contributed by atoms with van der Waals surface area (Å²) in [6, 6.07) is 9.93. The van der Waals surface area contributed by atoms with Crippen molar-refractivity contribution in [1.29, 1.82) is 0 Å². The van der Waals surface area contributed by atoms with Crippen LogP contribution in [0.1, 0.15) is 69.7 Å². The van der Waals surface area contributed by atoms with Crippen molar-refractivity contribution in [3.8, 4) is 0 Å². The van der Waals surface area contributed by atoms with Crippen molar-refractivity contribution in [2.45, 2.75) is 59.3 Å². The van der Waals surface area contributed by atoms with Crippen molar-refractivity contribution >= 4 is 32.1 Å². The van der Waals surface area contributed by atoms with Gasteiger partial charge in [-0.2, -0.15) is 0 Å². The van der Waals surface area contributed by atoms with E-state index in [2.05, 4.69) is 42.8 Å². The Labute approximate surface area is 156 Å². The number of carbonyl (C=O) groups excluding carboxylic acids is 1. The molecule has 0 amide bonds. The predicted octanol–water partition coefficient (Wildman–Crippen LogP) is 7.17. The Balaban J connectivity index is 3.05. The molecule has 1 rings (SSSR count). The van der Waals surface area contributed by atoms with Crippen LogP contribution in [0, 0.1) is 0 Å². The van der Waals surface area contributed by atoms with Crippen LogP contribution in [0.15, 0.2) is 30.3 Å². The summed E-state index contributed by atoms with van der Waals surface area (Å²) in [5.41, 5.74) is 0.905. The molecular formula is C20H34IOP. The Morgan fingerprint density at radius 1 is 0.870 bits per heavy atom. The van der Waals surface area contributed by atoms with E-state index < -0.39 is 4.25 Å². The molecule has 1 nitrogen and oxygen atoms in total. The number of halogens is 1. The van der Waals surface area contributed by atoms with E-state index in [1.165, 1.54) is 57.0 Å². The number of rotatable bonds is 12. The molecule has 0 atom stereocenters. The summed E-state index contributed by atoms with van der Waals surface area (Å²) in [5, 5.41) is 0. The number of unbranched alkanes of at least 4 members (excludes halogenated alkanes) is 3. The molecule has 132 valence electrons. The van der Waals surface area contributed by atoms with Gasteiger partial charge in [-0.1, -0.05) is 0 Å². The van der Waals surface area contributed by atoms with Crippen molar-refractivity contribution in [3.05, 3.63) is 35.9 Å². The molecular weight excluding hydrogens is 414 g/mol. The molecule has 1 aromatic rings. The van der Waals surface area contributed by atoms with Crippen LogP contribution in [0.5, 0.6) is 0 Å². The van der Waals surface area contributed by atoms with Gasteiger partial charge in [-0.05, 0) is 0 Å². The van der Waals surface area contributed by atoms with Crippen LogP contribution in [0.3, 0.4) is 0 Å². The topological polar surface area (TPSA) is 17.1 Å². The van der Waals surface area contributed by atoms with Crippen molar-refractivity contribution in [2.24, 2.45) is 0 Å². The number of benzene rings is 1. The van der Waals surface area contributed by atoms with Gasteiger partial charge in [0.05, 0.1) is 0 Å². The summed E-state index contributed by atoms with van der Waals surface area (Å²) in [6.07, 6.45) is 12.2. The van der Waals surface area contributed by atoms with Crippen molar-refractivity contribution < 1.29 is 4.79 Å². The number of carbonyl (C=O) groups is 1. The van der Waals surface area contributed by atoms with Gasteiger partial charge >= 0.3 is 157 Å². The van der Waals surface area contributed by atoms with E-state index >= 15 is 0 Å². The Kier molecular flexibility index (Phi) is 9.29. The van der Waals surface area contributed by atoms with Gasteiger partial charge in [0, 0.05) is 0 Å². The minimum absolute atomic E-state index is 0.376. The van der Waals surface area contributed by atoms with E-state index in [0.29, 0.717) is 5.78 Å². The standard InChI is InChI=1S/C20H34IOP/c1-4-7-15-23(21,16-8-5-2,17-9-6-3)18-20(22)19-13-11-10-12-14-19/h10-14H,4-9,15-18H2,1-3H3. The summed E-state index contributed by atoms with van der Waals surface area (Å²) in [6.45, 7) is 6.82. The van der Waals surface area contributed by atoms with E-state index in [1.54, 1.807) is 0 Å². The van der Waals surface area contributed by atoms with Gasteiger partial charge in [0.1, 0.15) is 0 Å². The SMILES string of the molecule is CCCCP(I)(CCCC)(CCCC)CC(=O)c1ccccc1. The molecule has 0 N–H and O–H groups in total. The molecule has 0 aromatic heterocycles. The maximum absolute atomic E-state index is 13.0. The summed E-state index contributed by atoms with van der Waals surface area (Å²) < 4.78 is -1.97. The Morgan fingerprint density at radius 2 is 1.30 bits per heavy atom.